The molecule has 0 saturated heterocycles. The highest BCUT2D eigenvalue weighted by atomic mass is 79.9. The first-order chi connectivity index (χ1) is 8.60. The predicted molar refractivity (Wildman–Crippen MR) is 77.2 cm³/mol. The van der Waals surface area contributed by atoms with Crippen LogP contribution in [0, 0.1) is 0 Å². The van der Waals surface area contributed by atoms with Crippen molar-refractivity contribution < 1.29 is 14.3 Å². The fraction of sp³-hybridized carbons (Fsp3) is 0.583. The lowest BCUT2D eigenvalue weighted by molar-refractivity contribution is -0.117. The van der Waals surface area contributed by atoms with Gasteiger partial charge in [0.25, 0.3) is 0 Å². The number of aromatic nitrogens is 1. The van der Waals surface area contributed by atoms with E-state index in [1.54, 1.807) is 33.9 Å². The van der Waals surface area contributed by atoms with E-state index in [2.05, 4.69) is 20.9 Å². The first-order valence-corrected chi connectivity index (χ1v) is 7.26. The van der Waals surface area contributed by atoms with E-state index in [0.29, 0.717) is 11.3 Å². The summed E-state index contributed by atoms with van der Waals surface area (Å²) in [5, 5.41) is 0.530. The van der Waals surface area contributed by atoms with Crippen molar-refractivity contribution in [3.8, 4) is 0 Å². The number of amides is 1. The second-order valence-corrected chi connectivity index (χ2v) is 7.68. The van der Waals surface area contributed by atoms with Gasteiger partial charge in [0.2, 0.25) is 0 Å². The molecule has 106 valence electrons. The molecule has 0 radical (unpaired) electrons. The summed E-state index contributed by atoms with van der Waals surface area (Å²) in [6, 6.07) is 0. The van der Waals surface area contributed by atoms with E-state index in [0.717, 1.165) is 3.79 Å². The standard InChI is InChI=1S/C12H17BrN2O3S/c1-11(2,3)18-10(17)15(5)12(4,7-16)9-14-6-8(13)19-9/h6-7H,1-5H3. The van der Waals surface area contributed by atoms with Crippen molar-refractivity contribution in [3.05, 3.63) is 15.0 Å². The Morgan fingerprint density at radius 1 is 1.47 bits per heavy atom. The smallest absolute Gasteiger partial charge is 0.411 e. The van der Waals surface area contributed by atoms with Gasteiger partial charge in [0.15, 0.2) is 6.29 Å². The van der Waals surface area contributed by atoms with E-state index >= 15 is 0 Å². The van der Waals surface area contributed by atoms with Crippen LogP contribution >= 0.6 is 27.3 Å². The average molecular weight is 349 g/mol. The molecule has 1 atom stereocenters. The van der Waals surface area contributed by atoms with Crippen LogP contribution in [0.2, 0.25) is 0 Å². The first kappa shape index (κ1) is 16.1. The van der Waals surface area contributed by atoms with Gasteiger partial charge < -0.3 is 9.53 Å². The Hall–Kier alpha value is -0.950. The van der Waals surface area contributed by atoms with Gasteiger partial charge in [-0.2, -0.15) is 0 Å². The SMILES string of the molecule is CN(C(=O)OC(C)(C)C)C(C)(C=O)c1ncc(Br)s1. The normalized spacial score (nSPS) is 14.6. The maximum atomic E-state index is 12.1. The minimum Gasteiger partial charge on any atom is -0.444 e. The summed E-state index contributed by atoms with van der Waals surface area (Å²) in [6.45, 7) is 6.96. The lowest BCUT2D eigenvalue weighted by Crippen LogP contribution is -2.48. The summed E-state index contributed by atoms with van der Waals surface area (Å²) in [6.07, 6.45) is 1.74. The van der Waals surface area contributed by atoms with Crippen LogP contribution in [-0.2, 0) is 15.1 Å². The first-order valence-electron chi connectivity index (χ1n) is 5.65. The third kappa shape index (κ3) is 3.76. The molecule has 1 aromatic heterocycles. The second kappa shape index (κ2) is 5.58. The molecule has 0 aliphatic rings. The van der Waals surface area contributed by atoms with Crippen molar-refractivity contribution in [1.82, 2.24) is 9.88 Å². The molecule has 19 heavy (non-hydrogen) atoms. The van der Waals surface area contributed by atoms with Crippen LogP contribution in [0.5, 0.6) is 0 Å². The van der Waals surface area contributed by atoms with Gasteiger partial charge in [0.05, 0.1) is 9.98 Å². The number of halogens is 1. The molecule has 0 N–H and O–H groups in total. The molecular weight excluding hydrogens is 332 g/mol. The van der Waals surface area contributed by atoms with Gasteiger partial charge in [0.1, 0.15) is 16.1 Å². The number of nitrogens with zero attached hydrogens (tertiary/aromatic N) is 2. The fourth-order valence-electron chi connectivity index (χ4n) is 1.28. The minimum absolute atomic E-state index is 0.530. The number of ether oxygens (including phenoxy) is 1. The molecule has 1 heterocycles. The number of hydrogen-bond donors (Lipinski definition) is 0. The number of carbonyl (C=O) groups is 2. The largest absolute Gasteiger partial charge is 0.444 e. The molecule has 7 heteroatoms. The van der Waals surface area contributed by atoms with Crippen molar-refractivity contribution in [2.75, 3.05) is 7.05 Å². The fourth-order valence-corrected chi connectivity index (χ4v) is 2.63. The molecule has 0 bridgehead atoms. The number of rotatable bonds is 3. The Bertz CT molecular complexity index is 484. The van der Waals surface area contributed by atoms with E-state index in [1.165, 1.54) is 23.3 Å². The number of thiazole rings is 1. The Balaban J connectivity index is 3.02. The van der Waals surface area contributed by atoms with Crippen LogP contribution in [0.3, 0.4) is 0 Å². The molecule has 0 spiro atoms. The number of aldehydes is 1. The number of likely N-dealkylation sites (N-methyl/N-ethyl adjacent to an activating group) is 1. The lowest BCUT2D eigenvalue weighted by Gasteiger charge is -2.33. The number of hydrogen-bond acceptors (Lipinski definition) is 5. The maximum Gasteiger partial charge on any atom is 0.411 e. The van der Waals surface area contributed by atoms with Gasteiger partial charge in [0, 0.05) is 7.05 Å². The van der Waals surface area contributed by atoms with E-state index in [9.17, 15) is 9.59 Å². The Morgan fingerprint density at radius 2 is 2.05 bits per heavy atom. The highest BCUT2D eigenvalue weighted by Crippen LogP contribution is 2.32. The summed E-state index contributed by atoms with van der Waals surface area (Å²) in [7, 11) is 1.53. The molecule has 0 aliphatic heterocycles. The summed E-state index contributed by atoms with van der Waals surface area (Å²) in [4.78, 5) is 28.9. The van der Waals surface area contributed by atoms with Gasteiger partial charge >= 0.3 is 6.09 Å². The van der Waals surface area contributed by atoms with Crippen LogP contribution in [0.15, 0.2) is 9.98 Å². The van der Waals surface area contributed by atoms with Crippen molar-refractivity contribution in [2.45, 2.75) is 38.8 Å². The third-order valence-electron chi connectivity index (χ3n) is 2.50. The Labute approximate surface area is 125 Å². The maximum absolute atomic E-state index is 12.1. The molecule has 1 aromatic rings. The highest BCUT2D eigenvalue weighted by molar-refractivity contribution is 9.11. The van der Waals surface area contributed by atoms with E-state index < -0.39 is 17.2 Å². The van der Waals surface area contributed by atoms with Crippen molar-refractivity contribution >= 4 is 39.6 Å². The van der Waals surface area contributed by atoms with E-state index in [4.69, 9.17) is 4.74 Å². The van der Waals surface area contributed by atoms with Crippen molar-refractivity contribution in [3.63, 3.8) is 0 Å². The average Bonchev–Trinajstić information content (AvgIpc) is 2.72. The summed E-state index contributed by atoms with van der Waals surface area (Å²) in [5.41, 5.74) is -1.75. The van der Waals surface area contributed by atoms with Crippen LogP contribution < -0.4 is 0 Å². The van der Waals surface area contributed by atoms with E-state index in [1.807, 2.05) is 0 Å². The van der Waals surface area contributed by atoms with E-state index in [-0.39, 0.29) is 0 Å². The van der Waals surface area contributed by atoms with Crippen LogP contribution in [-0.4, -0.2) is 34.9 Å². The summed E-state index contributed by atoms with van der Waals surface area (Å²) < 4.78 is 6.07. The molecule has 5 nitrogen and oxygen atoms in total. The van der Waals surface area contributed by atoms with Gasteiger partial charge in [-0.25, -0.2) is 9.78 Å². The van der Waals surface area contributed by atoms with Gasteiger partial charge in [-0.3, -0.25) is 4.90 Å². The second-order valence-electron chi connectivity index (χ2n) is 5.27. The highest BCUT2D eigenvalue weighted by Gasteiger charge is 2.39. The summed E-state index contributed by atoms with van der Waals surface area (Å²) in [5.74, 6) is 0. The van der Waals surface area contributed by atoms with Crippen LogP contribution in [0.1, 0.15) is 32.7 Å². The van der Waals surface area contributed by atoms with Gasteiger partial charge in [-0.05, 0) is 43.6 Å². The predicted octanol–water partition coefficient (Wildman–Crippen LogP) is 3.19. The molecule has 1 rings (SSSR count). The molecule has 1 amide bonds. The third-order valence-corrected chi connectivity index (χ3v) is 4.21. The molecule has 0 aliphatic carbocycles. The van der Waals surface area contributed by atoms with Gasteiger partial charge in [-0.15, -0.1) is 11.3 Å². The molecule has 0 fully saturated rings. The quantitative estimate of drug-likeness (QED) is 0.787. The van der Waals surface area contributed by atoms with Crippen molar-refractivity contribution in [2.24, 2.45) is 0 Å². The Morgan fingerprint density at radius 3 is 2.42 bits per heavy atom. The van der Waals surface area contributed by atoms with Crippen LogP contribution in [0.25, 0.3) is 0 Å². The van der Waals surface area contributed by atoms with Gasteiger partial charge in [-0.1, -0.05) is 0 Å². The monoisotopic (exact) mass is 348 g/mol. The van der Waals surface area contributed by atoms with Crippen LogP contribution in [0.4, 0.5) is 4.79 Å². The Kier molecular flexibility index (Phi) is 4.73. The van der Waals surface area contributed by atoms with Crippen molar-refractivity contribution in [1.29, 1.82) is 0 Å². The zero-order chi connectivity index (χ0) is 14.8. The molecule has 1 unspecified atom stereocenters. The lowest BCUT2D eigenvalue weighted by atomic mass is 10.0. The summed E-state index contributed by atoms with van der Waals surface area (Å²) >= 11 is 4.60. The molecule has 0 aromatic carbocycles. The molecule has 0 saturated carbocycles. The molecular formula is C12H17BrN2O3S. The zero-order valence-corrected chi connectivity index (χ0v) is 14.0. The number of carbonyl (C=O) groups excluding carboxylic acids is 2. The topological polar surface area (TPSA) is 59.5 Å². The zero-order valence-electron chi connectivity index (χ0n) is 11.6. The minimum atomic E-state index is -1.14.